The zero-order chi connectivity index (χ0) is 11.4. The molecule has 0 radical (unpaired) electrons. The van der Waals surface area contributed by atoms with Gasteiger partial charge in [-0.1, -0.05) is 23.2 Å². The molecule has 0 spiro atoms. The molecule has 3 nitrogen and oxygen atoms in total. The molecule has 0 aromatic heterocycles. The van der Waals surface area contributed by atoms with Crippen LogP contribution in [0.2, 0.25) is 10.0 Å². The quantitative estimate of drug-likeness (QED) is 0.649. The van der Waals surface area contributed by atoms with Crippen LogP contribution in [0.4, 0.5) is 0 Å². The minimum absolute atomic E-state index is 0.0923. The van der Waals surface area contributed by atoms with Crippen molar-refractivity contribution in [2.75, 3.05) is 0 Å². The third-order valence-corrected chi connectivity index (χ3v) is 3.29. The summed E-state index contributed by atoms with van der Waals surface area (Å²) in [5, 5.41) is 8.93. The zero-order valence-electron chi connectivity index (χ0n) is 7.61. The van der Waals surface area contributed by atoms with Crippen LogP contribution < -0.4 is 5.73 Å². The number of rotatable bonds is 4. The molecule has 1 unspecified atom stereocenters. The third-order valence-electron chi connectivity index (χ3n) is 1.55. The molecule has 82 valence electrons. The fraction of sp³-hybridized carbons (Fsp3) is 0.222. The Morgan fingerprint density at radius 1 is 1.47 bits per heavy atom. The Balaban J connectivity index is 2.64. The highest BCUT2D eigenvalue weighted by Crippen LogP contribution is 2.29. The van der Waals surface area contributed by atoms with Crippen molar-refractivity contribution in [2.45, 2.75) is 16.7 Å². The lowest BCUT2D eigenvalue weighted by atomic mass is 10.4. The van der Waals surface area contributed by atoms with Gasteiger partial charge >= 0.3 is 5.97 Å². The zero-order valence-corrected chi connectivity index (χ0v) is 9.94. The number of halogens is 2. The van der Waals surface area contributed by atoms with Gasteiger partial charge in [-0.3, -0.25) is 4.79 Å². The number of carbonyl (C=O) groups is 1. The second kappa shape index (κ2) is 5.61. The van der Waals surface area contributed by atoms with E-state index in [4.69, 9.17) is 34.0 Å². The van der Waals surface area contributed by atoms with E-state index in [1.165, 1.54) is 11.8 Å². The van der Waals surface area contributed by atoms with Crippen molar-refractivity contribution in [1.82, 2.24) is 0 Å². The molecule has 1 rings (SSSR count). The molecule has 0 aliphatic heterocycles. The highest BCUT2D eigenvalue weighted by molar-refractivity contribution is 7.99. The van der Waals surface area contributed by atoms with E-state index >= 15 is 0 Å². The second-order valence-electron chi connectivity index (χ2n) is 2.83. The summed E-state index contributed by atoms with van der Waals surface area (Å²) < 4.78 is 0. The predicted octanol–water partition coefficient (Wildman–Crippen LogP) is 2.85. The Morgan fingerprint density at radius 3 is 2.67 bits per heavy atom. The number of benzene rings is 1. The first-order chi connectivity index (χ1) is 6.99. The average Bonchev–Trinajstić information content (AvgIpc) is 2.10. The van der Waals surface area contributed by atoms with Gasteiger partial charge < -0.3 is 10.8 Å². The van der Waals surface area contributed by atoms with Crippen molar-refractivity contribution < 1.29 is 9.90 Å². The summed E-state index contributed by atoms with van der Waals surface area (Å²) in [6, 6.07) is 5.07. The van der Waals surface area contributed by atoms with E-state index in [1.807, 2.05) is 0 Å². The highest BCUT2D eigenvalue weighted by Gasteiger charge is 2.10. The number of carboxylic acid groups (broad SMARTS) is 1. The number of hydrogen-bond donors (Lipinski definition) is 2. The lowest BCUT2D eigenvalue weighted by Gasteiger charge is -2.08. The normalized spacial score (nSPS) is 12.5. The smallest absolute Gasteiger partial charge is 0.305 e. The van der Waals surface area contributed by atoms with Crippen LogP contribution in [-0.4, -0.2) is 16.4 Å². The van der Waals surface area contributed by atoms with Crippen LogP contribution in [0.25, 0.3) is 0 Å². The summed E-state index contributed by atoms with van der Waals surface area (Å²) in [4.78, 5) is 11.2. The summed E-state index contributed by atoms with van der Waals surface area (Å²) in [7, 11) is 0. The third kappa shape index (κ3) is 4.30. The first-order valence-corrected chi connectivity index (χ1v) is 5.71. The molecule has 1 atom stereocenters. The topological polar surface area (TPSA) is 63.3 Å². The minimum atomic E-state index is -0.921. The van der Waals surface area contributed by atoms with Crippen LogP contribution in [0.3, 0.4) is 0 Å². The Bertz CT molecular complexity index is 373. The highest BCUT2D eigenvalue weighted by atomic mass is 35.5. The molecule has 0 saturated carbocycles. The molecule has 0 aliphatic rings. The van der Waals surface area contributed by atoms with Crippen molar-refractivity contribution in [1.29, 1.82) is 0 Å². The van der Waals surface area contributed by atoms with E-state index < -0.39 is 11.3 Å². The predicted molar refractivity (Wildman–Crippen MR) is 62.5 cm³/mol. The van der Waals surface area contributed by atoms with E-state index in [1.54, 1.807) is 18.2 Å². The fourth-order valence-corrected chi connectivity index (χ4v) is 2.21. The standard InChI is InChI=1S/C9H9Cl2NO2S/c10-6-2-1-5(3-7(6)11)15-8(12)4-9(13)14/h1-3,8H,4,12H2,(H,13,14). The molecule has 3 N–H and O–H groups in total. The molecule has 1 aromatic rings. The van der Waals surface area contributed by atoms with Crippen LogP contribution in [0.1, 0.15) is 6.42 Å². The van der Waals surface area contributed by atoms with Gasteiger partial charge in [0.1, 0.15) is 0 Å². The number of nitrogens with two attached hydrogens (primary N) is 1. The molecule has 0 bridgehead atoms. The van der Waals surface area contributed by atoms with Crippen LogP contribution in [0.15, 0.2) is 23.1 Å². The van der Waals surface area contributed by atoms with Crippen molar-refractivity contribution >= 4 is 40.9 Å². The maximum absolute atomic E-state index is 10.4. The SMILES string of the molecule is NC(CC(=O)O)Sc1ccc(Cl)c(Cl)c1. The summed E-state index contributed by atoms with van der Waals surface area (Å²) in [6.45, 7) is 0. The molecule has 6 heteroatoms. The van der Waals surface area contributed by atoms with Gasteiger partial charge in [0.05, 0.1) is 21.8 Å². The summed E-state index contributed by atoms with van der Waals surface area (Å²) in [5.74, 6) is -0.921. The van der Waals surface area contributed by atoms with E-state index in [9.17, 15) is 4.79 Å². The molecular weight excluding hydrogens is 257 g/mol. The van der Waals surface area contributed by atoms with Crippen LogP contribution in [0, 0.1) is 0 Å². The largest absolute Gasteiger partial charge is 0.481 e. The maximum Gasteiger partial charge on any atom is 0.305 e. The molecular formula is C9H9Cl2NO2S. The Morgan fingerprint density at radius 2 is 2.13 bits per heavy atom. The van der Waals surface area contributed by atoms with E-state index in [0.29, 0.717) is 10.0 Å². The second-order valence-corrected chi connectivity index (χ2v) is 4.96. The molecule has 0 aliphatic carbocycles. The van der Waals surface area contributed by atoms with E-state index in [2.05, 4.69) is 0 Å². The first kappa shape index (κ1) is 12.6. The molecule has 15 heavy (non-hydrogen) atoms. The van der Waals surface area contributed by atoms with Crippen molar-refractivity contribution in [3.63, 3.8) is 0 Å². The molecule has 0 heterocycles. The Hall–Kier alpha value is -0.420. The number of aliphatic carboxylic acids is 1. The van der Waals surface area contributed by atoms with E-state index in [0.717, 1.165) is 4.90 Å². The molecule has 0 amide bonds. The van der Waals surface area contributed by atoms with Gasteiger partial charge in [-0.2, -0.15) is 0 Å². The lowest BCUT2D eigenvalue weighted by Crippen LogP contribution is -2.19. The summed E-state index contributed by atoms with van der Waals surface area (Å²) >= 11 is 12.8. The van der Waals surface area contributed by atoms with Gasteiger partial charge in [0.15, 0.2) is 0 Å². The van der Waals surface area contributed by atoms with Gasteiger partial charge in [-0.15, -0.1) is 11.8 Å². The number of thioether (sulfide) groups is 1. The summed E-state index contributed by atoms with van der Waals surface area (Å²) in [5.41, 5.74) is 5.60. The van der Waals surface area contributed by atoms with Crippen LogP contribution in [-0.2, 0) is 4.79 Å². The van der Waals surface area contributed by atoms with Crippen molar-refractivity contribution in [3.8, 4) is 0 Å². The van der Waals surface area contributed by atoms with Crippen LogP contribution in [0.5, 0.6) is 0 Å². The lowest BCUT2D eigenvalue weighted by molar-refractivity contribution is -0.136. The summed E-state index contributed by atoms with van der Waals surface area (Å²) in [6.07, 6.45) is -0.0923. The minimum Gasteiger partial charge on any atom is -0.481 e. The van der Waals surface area contributed by atoms with Crippen molar-refractivity contribution in [2.24, 2.45) is 5.73 Å². The van der Waals surface area contributed by atoms with Gasteiger partial charge in [0, 0.05) is 4.90 Å². The molecule has 1 aromatic carbocycles. The fourth-order valence-electron chi connectivity index (χ4n) is 0.939. The monoisotopic (exact) mass is 265 g/mol. The average molecular weight is 266 g/mol. The number of hydrogen-bond acceptors (Lipinski definition) is 3. The Kier molecular flexibility index (Phi) is 4.73. The first-order valence-electron chi connectivity index (χ1n) is 4.08. The van der Waals surface area contributed by atoms with Gasteiger partial charge in [0.25, 0.3) is 0 Å². The molecule has 0 saturated heterocycles. The van der Waals surface area contributed by atoms with Crippen LogP contribution >= 0.6 is 35.0 Å². The van der Waals surface area contributed by atoms with Gasteiger partial charge in [-0.25, -0.2) is 0 Å². The molecule has 0 fully saturated rings. The van der Waals surface area contributed by atoms with E-state index in [-0.39, 0.29) is 6.42 Å². The maximum atomic E-state index is 10.4. The van der Waals surface area contributed by atoms with Gasteiger partial charge in [0.2, 0.25) is 0 Å². The van der Waals surface area contributed by atoms with Gasteiger partial charge in [-0.05, 0) is 18.2 Å². The number of carboxylic acids is 1. The van der Waals surface area contributed by atoms with Crippen molar-refractivity contribution in [3.05, 3.63) is 28.2 Å². The Labute approximate surface area is 102 Å².